The summed E-state index contributed by atoms with van der Waals surface area (Å²) in [4.78, 5) is 35.5. The Kier molecular flexibility index (Phi) is 6.96. The molecule has 1 saturated carbocycles. The molecule has 0 aromatic heterocycles. The van der Waals surface area contributed by atoms with Crippen LogP contribution in [0.3, 0.4) is 0 Å². The molecule has 2 amide bonds. The number of rotatable bonds is 9. The summed E-state index contributed by atoms with van der Waals surface area (Å²) in [7, 11) is 0. The molecule has 4 rings (SSSR count). The molecule has 7 heteroatoms. The average Bonchev–Trinajstić information content (AvgIpc) is 3.10. The van der Waals surface area contributed by atoms with Gasteiger partial charge < -0.3 is 20.5 Å². The Morgan fingerprint density at radius 2 is 1.64 bits per heavy atom. The number of alkyl carbamates (subject to hydrolysis) is 1. The first-order valence-electron chi connectivity index (χ1n) is 11.6. The Hall–Kier alpha value is -3.35. The van der Waals surface area contributed by atoms with Gasteiger partial charge in [-0.2, -0.15) is 0 Å². The van der Waals surface area contributed by atoms with Crippen molar-refractivity contribution in [1.29, 1.82) is 0 Å². The summed E-state index contributed by atoms with van der Waals surface area (Å²) in [6.07, 6.45) is 1.94. The summed E-state index contributed by atoms with van der Waals surface area (Å²) in [6.45, 7) is 2.21. The lowest BCUT2D eigenvalue weighted by atomic mass is 9.80. The van der Waals surface area contributed by atoms with Crippen LogP contribution in [0.4, 0.5) is 4.79 Å². The van der Waals surface area contributed by atoms with Crippen LogP contribution >= 0.6 is 0 Å². The van der Waals surface area contributed by atoms with E-state index in [0.29, 0.717) is 25.7 Å². The number of fused-ring (bicyclic) bond motifs is 3. The molecule has 0 heterocycles. The minimum absolute atomic E-state index is 0.00566. The first-order valence-corrected chi connectivity index (χ1v) is 11.6. The minimum Gasteiger partial charge on any atom is -0.481 e. The summed E-state index contributed by atoms with van der Waals surface area (Å²) in [5, 5.41) is 14.7. The molecular weight excluding hydrogens is 420 g/mol. The lowest BCUT2D eigenvalue weighted by molar-refractivity contribution is -0.146. The highest BCUT2D eigenvalue weighted by Crippen LogP contribution is 2.44. The van der Waals surface area contributed by atoms with Gasteiger partial charge in [0.25, 0.3) is 0 Å². The Bertz CT molecular complexity index is 985. The van der Waals surface area contributed by atoms with Crippen LogP contribution in [-0.2, 0) is 14.3 Å². The van der Waals surface area contributed by atoms with Gasteiger partial charge in [0, 0.05) is 24.4 Å². The third kappa shape index (κ3) is 5.18. The van der Waals surface area contributed by atoms with Crippen LogP contribution in [0.15, 0.2) is 48.5 Å². The molecule has 2 aromatic rings. The van der Waals surface area contributed by atoms with Crippen molar-refractivity contribution in [3.05, 3.63) is 59.7 Å². The second-order valence-corrected chi connectivity index (χ2v) is 8.88. The van der Waals surface area contributed by atoms with Crippen LogP contribution in [0.2, 0.25) is 0 Å². The summed E-state index contributed by atoms with van der Waals surface area (Å²) in [5.74, 6) is -1.27. The number of ether oxygens (including phenoxy) is 1. The molecule has 0 aliphatic heterocycles. The Balaban J connectivity index is 1.24. The molecule has 2 aromatic carbocycles. The highest BCUT2D eigenvalue weighted by atomic mass is 16.5. The molecule has 0 saturated heterocycles. The van der Waals surface area contributed by atoms with Gasteiger partial charge in [0.1, 0.15) is 6.61 Å². The van der Waals surface area contributed by atoms with E-state index in [1.165, 1.54) is 11.1 Å². The van der Waals surface area contributed by atoms with E-state index < -0.39 is 12.1 Å². The predicted molar refractivity (Wildman–Crippen MR) is 124 cm³/mol. The van der Waals surface area contributed by atoms with Gasteiger partial charge in [-0.15, -0.1) is 0 Å². The number of aliphatic carboxylic acids is 1. The van der Waals surface area contributed by atoms with Crippen LogP contribution in [0.1, 0.15) is 56.1 Å². The van der Waals surface area contributed by atoms with E-state index in [1.54, 1.807) is 0 Å². The number of carboxylic acid groups (broad SMARTS) is 1. The van der Waals surface area contributed by atoms with Crippen LogP contribution < -0.4 is 10.6 Å². The zero-order valence-corrected chi connectivity index (χ0v) is 18.8. The summed E-state index contributed by atoms with van der Waals surface area (Å²) < 4.78 is 5.60. The number of amides is 2. The Labute approximate surface area is 193 Å². The van der Waals surface area contributed by atoms with Gasteiger partial charge in [-0.25, -0.2) is 4.79 Å². The van der Waals surface area contributed by atoms with Crippen molar-refractivity contribution in [2.24, 2.45) is 5.92 Å². The maximum absolute atomic E-state index is 12.5. The number of benzene rings is 2. The maximum atomic E-state index is 12.5. The van der Waals surface area contributed by atoms with Crippen LogP contribution in [0.25, 0.3) is 11.1 Å². The highest BCUT2D eigenvalue weighted by molar-refractivity contribution is 5.79. The Morgan fingerprint density at radius 3 is 2.21 bits per heavy atom. The lowest BCUT2D eigenvalue weighted by Crippen LogP contribution is -2.47. The van der Waals surface area contributed by atoms with Crippen molar-refractivity contribution in [2.75, 3.05) is 6.61 Å². The molecule has 1 fully saturated rings. The lowest BCUT2D eigenvalue weighted by Gasteiger charge is -2.33. The normalized spacial score (nSPS) is 19.5. The quantitative estimate of drug-likeness (QED) is 0.534. The molecule has 0 radical (unpaired) electrons. The van der Waals surface area contributed by atoms with E-state index in [4.69, 9.17) is 9.84 Å². The van der Waals surface area contributed by atoms with Crippen LogP contribution in [-0.4, -0.2) is 41.8 Å². The third-order valence-corrected chi connectivity index (χ3v) is 6.73. The summed E-state index contributed by atoms with van der Waals surface area (Å²) in [6, 6.07) is 16.2. The van der Waals surface area contributed by atoms with Gasteiger partial charge in [-0.05, 0) is 47.9 Å². The number of carbonyl (C=O) groups excluding carboxylic acids is 2. The fourth-order valence-corrected chi connectivity index (χ4v) is 4.73. The number of carboxylic acids is 1. The number of hydrogen-bond donors (Lipinski definition) is 3. The zero-order chi connectivity index (χ0) is 23.4. The number of hydrogen-bond acceptors (Lipinski definition) is 4. The Morgan fingerprint density at radius 1 is 1.03 bits per heavy atom. The van der Waals surface area contributed by atoms with Gasteiger partial charge in [-0.1, -0.05) is 55.5 Å². The molecule has 2 aliphatic rings. The third-order valence-electron chi connectivity index (χ3n) is 6.73. The second kappa shape index (κ2) is 10.1. The van der Waals surface area contributed by atoms with Gasteiger partial charge in [-0.3, -0.25) is 9.59 Å². The van der Waals surface area contributed by atoms with Crippen LogP contribution in [0, 0.1) is 5.92 Å². The number of nitrogens with one attached hydrogen (secondary N) is 2. The van der Waals surface area contributed by atoms with Crippen molar-refractivity contribution in [2.45, 2.75) is 57.0 Å². The van der Waals surface area contributed by atoms with E-state index in [1.807, 2.05) is 31.2 Å². The second-order valence-electron chi connectivity index (χ2n) is 8.88. The SMILES string of the molecule is CCC(CCC(=O)NC1CC(C(=O)O)C1)NC(=O)OCC1c2ccccc2-c2ccccc21. The van der Waals surface area contributed by atoms with E-state index in [2.05, 4.69) is 34.9 Å². The summed E-state index contributed by atoms with van der Waals surface area (Å²) in [5.41, 5.74) is 4.69. The molecule has 174 valence electrons. The molecule has 0 bridgehead atoms. The average molecular weight is 451 g/mol. The largest absolute Gasteiger partial charge is 0.481 e. The van der Waals surface area contributed by atoms with Gasteiger partial charge in [0.2, 0.25) is 5.91 Å². The summed E-state index contributed by atoms with van der Waals surface area (Å²) >= 11 is 0. The standard InChI is InChI=1S/C26H30N2O5/c1-2-17(11-12-24(29)27-18-13-16(14-18)25(30)31)28-26(32)33-15-23-21-9-5-3-7-19(21)20-8-4-6-10-22(20)23/h3-10,16-18,23H,2,11-15H2,1H3,(H,27,29)(H,28,32)(H,30,31). The molecule has 0 spiro atoms. The molecule has 2 aliphatic carbocycles. The van der Waals surface area contributed by atoms with E-state index in [0.717, 1.165) is 11.1 Å². The van der Waals surface area contributed by atoms with Gasteiger partial charge in [0.05, 0.1) is 5.92 Å². The monoisotopic (exact) mass is 450 g/mol. The zero-order valence-electron chi connectivity index (χ0n) is 18.8. The van der Waals surface area contributed by atoms with E-state index in [9.17, 15) is 14.4 Å². The topological polar surface area (TPSA) is 105 Å². The first kappa shape index (κ1) is 22.8. The van der Waals surface area contributed by atoms with Crippen LogP contribution in [0.5, 0.6) is 0 Å². The van der Waals surface area contributed by atoms with Crippen molar-refractivity contribution in [3.8, 4) is 11.1 Å². The van der Waals surface area contributed by atoms with E-state index >= 15 is 0 Å². The van der Waals surface area contributed by atoms with E-state index in [-0.39, 0.29) is 42.9 Å². The minimum atomic E-state index is -0.807. The smallest absolute Gasteiger partial charge is 0.407 e. The fraction of sp³-hybridized carbons (Fsp3) is 0.423. The molecule has 3 N–H and O–H groups in total. The molecular formula is C26H30N2O5. The highest BCUT2D eigenvalue weighted by Gasteiger charge is 2.35. The van der Waals surface area contributed by atoms with Crippen molar-refractivity contribution in [3.63, 3.8) is 0 Å². The van der Waals surface area contributed by atoms with Crippen molar-refractivity contribution < 1.29 is 24.2 Å². The molecule has 7 nitrogen and oxygen atoms in total. The molecule has 1 unspecified atom stereocenters. The van der Waals surface area contributed by atoms with Crippen molar-refractivity contribution in [1.82, 2.24) is 10.6 Å². The predicted octanol–water partition coefficient (Wildman–Crippen LogP) is 4.06. The molecule has 1 atom stereocenters. The van der Waals surface area contributed by atoms with Gasteiger partial charge >= 0.3 is 12.1 Å². The molecule has 33 heavy (non-hydrogen) atoms. The maximum Gasteiger partial charge on any atom is 0.407 e. The fourth-order valence-electron chi connectivity index (χ4n) is 4.73. The first-order chi connectivity index (χ1) is 16.0. The number of carbonyl (C=O) groups is 3. The van der Waals surface area contributed by atoms with Crippen molar-refractivity contribution >= 4 is 18.0 Å². The van der Waals surface area contributed by atoms with Gasteiger partial charge in [0.15, 0.2) is 0 Å².